The van der Waals surface area contributed by atoms with Crippen molar-refractivity contribution in [2.24, 2.45) is 0 Å². The van der Waals surface area contributed by atoms with E-state index in [0.717, 1.165) is 29.3 Å². The fraction of sp³-hybridized carbons (Fsp3) is 0.176. The normalized spacial score (nSPS) is 12.5. The first-order chi connectivity index (χ1) is 12.4. The molecular weight excluding hydrogens is 340 g/mol. The number of phenolic OH excluding ortho intramolecular Hbond substituents is 1. The molecule has 0 spiro atoms. The molecule has 0 fully saturated rings. The van der Waals surface area contributed by atoms with Crippen molar-refractivity contribution in [3.8, 4) is 17.1 Å². The molecule has 0 saturated heterocycles. The van der Waals surface area contributed by atoms with Crippen LogP contribution < -0.4 is 0 Å². The highest BCUT2D eigenvalue weighted by molar-refractivity contribution is 5.97. The van der Waals surface area contributed by atoms with Crippen LogP contribution in [-0.4, -0.2) is 24.9 Å². The molecular formula is C17H12N4O5. The molecule has 26 heavy (non-hydrogen) atoms. The van der Waals surface area contributed by atoms with E-state index in [-0.39, 0.29) is 10.9 Å². The second-order valence-corrected chi connectivity index (χ2v) is 6.13. The van der Waals surface area contributed by atoms with Gasteiger partial charge in [0.15, 0.2) is 0 Å². The average molecular weight is 352 g/mol. The summed E-state index contributed by atoms with van der Waals surface area (Å²) < 4.78 is 0. The van der Waals surface area contributed by atoms with Crippen LogP contribution >= 0.6 is 0 Å². The maximum absolute atomic E-state index is 11.4. The fourth-order valence-electron chi connectivity index (χ4n) is 3.27. The number of aromatic nitrogens is 2. The fourth-order valence-corrected chi connectivity index (χ4v) is 3.27. The number of aryl methyl sites for hydroxylation is 3. The monoisotopic (exact) mass is 352 g/mol. The van der Waals surface area contributed by atoms with Gasteiger partial charge in [0.05, 0.1) is 32.7 Å². The molecule has 9 heteroatoms. The largest absolute Gasteiger partial charge is 0.501 e. The molecule has 3 aromatic rings. The molecule has 0 unspecified atom stereocenters. The first kappa shape index (κ1) is 15.9. The van der Waals surface area contributed by atoms with Gasteiger partial charge in [-0.2, -0.15) is 0 Å². The number of nitro benzene ring substituents is 2. The van der Waals surface area contributed by atoms with Crippen LogP contribution in [0.5, 0.6) is 5.75 Å². The van der Waals surface area contributed by atoms with Crippen molar-refractivity contribution in [2.75, 3.05) is 0 Å². The molecule has 0 amide bonds. The number of nitrogens with zero attached hydrogens (tertiary/aromatic N) is 4. The molecule has 0 bridgehead atoms. The van der Waals surface area contributed by atoms with Crippen molar-refractivity contribution in [3.63, 3.8) is 0 Å². The Morgan fingerprint density at radius 1 is 0.962 bits per heavy atom. The van der Waals surface area contributed by atoms with Gasteiger partial charge < -0.3 is 5.11 Å². The van der Waals surface area contributed by atoms with Crippen LogP contribution in [0.25, 0.3) is 22.3 Å². The maximum Gasteiger partial charge on any atom is 0.319 e. The van der Waals surface area contributed by atoms with Crippen LogP contribution in [0.3, 0.4) is 0 Å². The summed E-state index contributed by atoms with van der Waals surface area (Å²) in [6.07, 6.45) is 1.33. The molecule has 1 aromatic carbocycles. The minimum absolute atomic E-state index is 0.0768. The number of hydrogen-bond donors (Lipinski definition) is 1. The van der Waals surface area contributed by atoms with Crippen molar-refractivity contribution in [1.82, 2.24) is 9.97 Å². The lowest BCUT2D eigenvalue weighted by Gasteiger charge is -2.19. The molecule has 0 aliphatic heterocycles. The third kappa shape index (κ3) is 2.25. The minimum atomic E-state index is -0.862. The Bertz CT molecular complexity index is 1130. The Morgan fingerprint density at radius 2 is 1.62 bits per heavy atom. The van der Waals surface area contributed by atoms with Crippen molar-refractivity contribution in [1.29, 1.82) is 0 Å². The van der Waals surface area contributed by atoms with E-state index in [1.165, 1.54) is 0 Å². The van der Waals surface area contributed by atoms with Crippen LogP contribution in [0.2, 0.25) is 0 Å². The summed E-state index contributed by atoms with van der Waals surface area (Å²) in [7, 11) is 0. The topological polar surface area (TPSA) is 132 Å². The maximum atomic E-state index is 11.4. The standard InChI is InChI=1S/C17H12N4O5/c1-8-2-3-9-4-5-10-6-11-12(20(23)24)7-13(21(25)26)17(22)16(11)19-15(10)14(9)18-8/h2-3,6-7,22H,4-5H2,1H3. The van der Waals surface area contributed by atoms with Gasteiger partial charge in [0.1, 0.15) is 5.52 Å². The lowest BCUT2D eigenvalue weighted by molar-refractivity contribution is -0.393. The van der Waals surface area contributed by atoms with Crippen molar-refractivity contribution >= 4 is 22.3 Å². The summed E-state index contributed by atoms with van der Waals surface area (Å²) in [5.41, 5.74) is 2.30. The second-order valence-electron chi connectivity index (χ2n) is 6.13. The van der Waals surface area contributed by atoms with Gasteiger partial charge in [0, 0.05) is 5.69 Å². The van der Waals surface area contributed by atoms with E-state index < -0.39 is 27.0 Å². The molecule has 9 nitrogen and oxygen atoms in total. The molecule has 1 aliphatic carbocycles. The van der Waals surface area contributed by atoms with Gasteiger partial charge in [0.2, 0.25) is 5.75 Å². The average Bonchev–Trinajstić information content (AvgIpc) is 2.60. The number of phenols is 1. The molecule has 2 aromatic heterocycles. The quantitative estimate of drug-likeness (QED) is 0.553. The van der Waals surface area contributed by atoms with Crippen LogP contribution in [0.15, 0.2) is 24.3 Å². The van der Waals surface area contributed by atoms with Gasteiger partial charge in [-0.15, -0.1) is 0 Å². The first-order valence-corrected chi connectivity index (χ1v) is 7.82. The number of rotatable bonds is 2. The number of nitro groups is 2. The first-order valence-electron chi connectivity index (χ1n) is 7.82. The highest BCUT2D eigenvalue weighted by atomic mass is 16.6. The van der Waals surface area contributed by atoms with Gasteiger partial charge >= 0.3 is 5.69 Å². The summed E-state index contributed by atoms with van der Waals surface area (Å²) in [5, 5.41) is 32.9. The zero-order chi connectivity index (χ0) is 18.6. The number of pyridine rings is 2. The summed E-state index contributed by atoms with van der Waals surface area (Å²) in [5.74, 6) is -0.682. The van der Waals surface area contributed by atoms with Crippen molar-refractivity contribution in [3.05, 3.63) is 61.3 Å². The van der Waals surface area contributed by atoms with E-state index in [1.807, 2.05) is 19.1 Å². The minimum Gasteiger partial charge on any atom is -0.501 e. The molecule has 0 saturated carbocycles. The van der Waals surface area contributed by atoms with E-state index in [4.69, 9.17) is 0 Å². The van der Waals surface area contributed by atoms with E-state index in [2.05, 4.69) is 9.97 Å². The predicted molar refractivity (Wildman–Crippen MR) is 92.1 cm³/mol. The van der Waals surface area contributed by atoms with E-state index >= 15 is 0 Å². The summed E-state index contributed by atoms with van der Waals surface area (Å²) >= 11 is 0. The number of aromatic hydroxyl groups is 1. The van der Waals surface area contributed by atoms with Gasteiger partial charge in [-0.25, -0.2) is 4.98 Å². The Labute approximate surface area is 146 Å². The second kappa shape index (κ2) is 5.45. The van der Waals surface area contributed by atoms with Gasteiger partial charge in [0.25, 0.3) is 5.69 Å². The molecule has 1 aliphatic rings. The van der Waals surface area contributed by atoms with E-state index in [0.29, 0.717) is 17.8 Å². The van der Waals surface area contributed by atoms with Crippen LogP contribution in [-0.2, 0) is 12.8 Å². The third-order valence-electron chi connectivity index (χ3n) is 4.52. The number of hydrogen-bond acceptors (Lipinski definition) is 7. The number of fused-ring (bicyclic) bond motifs is 4. The number of non-ortho nitro benzene ring substituents is 1. The zero-order valence-electron chi connectivity index (χ0n) is 13.6. The van der Waals surface area contributed by atoms with Gasteiger partial charge in [-0.3, -0.25) is 25.2 Å². The smallest absolute Gasteiger partial charge is 0.319 e. The Hall–Kier alpha value is -3.62. The molecule has 1 N–H and O–H groups in total. The van der Waals surface area contributed by atoms with Crippen LogP contribution in [0.1, 0.15) is 16.8 Å². The molecule has 130 valence electrons. The lowest BCUT2D eigenvalue weighted by Crippen LogP contribution is -2.09. The Morgan fingerprint density at radius 3 is 2.31 bits per heavy atom. The van der Waals surface area contributed by atoms with Gasteiger partial charge in [-0.05, 0) is 43.0 Å². The Balaban J connectivity index is 2.11. The third-order valence-corrected chi connectivity index (χ3v) is 4.52. The molecule has 4 rings (SSSR count). The van der Waals surface area contributed by atoms with Crippen molar-refractivity contribution < 1.29 is 15.0 Å². The Kier molecular flexibility index (Phi) is 3.33. The van der Waals surface area contributed by atoms with Crippen LogP contribution in [0, 0.1) is 27.2 Å². The highest BCUT2D eigenvalue weighted by Gasteiger charge is 2.29. The SMILES string of the molecule is Cc1ccc2c(n1)-c1nc3c(O)c([N+](=O)[O-])cc([N+](=O)[O-])c3cc1CC2. The summed E-state index contributed by atoms with van der Waals surface area (Å²) in [6.45, 7) is 1.84. The lowest BCUT2D eigenvalue weighted by atomic mass is 9.91. The predicted octanol–water partition coefficient (Wildman–Crippen LogP) is 3.23. The summed E-state index contributed by atoms with van der Waals surface area (Å²) in [6, 6.07) is 6.18. The number of benzene rings is 1. The highest BCUT2D eigenvalue weighted by Crippen LogP contribution is 2.42. The molecule has 0 radical (unpaired) electrons. The zero-order valence-corrected chi connectivity index (χ0v) is 13.6. The van der Waals surface area contributed by atoms with Crippen LogP contribution in [0.4, 0.5) is 11.4 Å². The van der Waals surface area contributed by atoms with Gasteiger partial charge in [-0.1, -0.05) is 6.07 Å². The van der Waals surface area contributed by atoms with Crippen molar-refractivity contribution in [2.45, 2.75) is 19.8 Å². The van der Waals surface area contributed by atoms with E-state index in [1.54, 1.807) is 6.07 Å². The molecule has 0 atom stereocenters. The summed E-state index contributed by atoms with van der Waals surface area (Å²) in [4.78, 5) is 29.8. The molecule has 2 heterocycles. The van der Waals surface area contributed by atoms with E-state index in [9.17, 15) is 25.3 Å².